The number of carbonyl (C=O) groups is 1. The van der Waals surface area contributed by atoms with Gasteiger partial charge in [0.05, 0.1) is 6.04 Å². The Kier molecular flexibility index (Phi) is 8.20. The third-order valence-electron chi connectivity index (χ3n) is 6.52. The third-order valence-corrected chi connectivity index (χ3v) is 7.25. The summed E-state index contributed by atoms with van der Waals surface area (Å²) in [5.41, 5.74) is 0.605. The summed E-state index contributed by atoms with van der Waals surface area (Å²) in [7, 11) is 0. The molecule has 8 nitrogen and oxygen atoms in total. The molecule has 3 heterocycles. The van der Waals surface area contributed by atoms with Crippen molar-refractivity contribution >= 4 is 21.8 Å². The fourth-order valence-corrected chi connectivity index (χ4v) is 4.89. The van der Waals surface area contributed by atoms with Gasteiger partial charge < -0.3 is 30.2 Å². The van der Waals surface area contributed by atoms with Gasteiger partial charge in [-0.1, -0.05) is 0 Å². The van der Waals surface area contributed by atoms with E-state index in [1.165, 1.54) is 6.07 Å². The SMILES string of the molecule is Cc1cc(OCc2ccc(F)cc2F)c(Br)c(=O)n1CC1CNC(C(=O)N2CCNCC2C)CN1. The zero-order valence-electron chi connectivity index (χ0n) is 19.7. The van der Waals surface area contributed by atoms with E-state index in [0.29, 0.717) is 31.9 Å². The van der Waals surface area contributed by atoms with Gasteiger partial charge in [0.15, 0.2) is 0 Å². The molecule has 0 radical (unpaired) electrons. The molecule has 0 bridgehead atoms. The van der Waals surface area contributed by atoms with Crippen LogP contribution in [-0.4, -0.2) is 66.2 Å². The van der Waals surface area contributed by atoms with E-state index < -0.39 is 11.6 Å². The second kappa shape index (κ2) is 11.2. The van der Waals surface area contributed by atoms with Crippen LogP contribution in [0.25, 0.3) is 0 Å². The molecule has 1 amide bonds. The summed E-state index contributed by atoms with van der Waals surface area (Å²) in [6.45, 7) is 7.44. The van der Waals surface area contributed by atoms with Crippen LogP contribution in [0.1, 0.15) is 18.2 Å². The molecule has 190 valence electrons. The lowest BCUT2D eigenvalue weighted by atomic mass is 10.1. The van der Waals surface area contributed by atoms with Crippen molar-refractivity contribution in [2.45, 2.75) is 45.1 Å². The third kappa shape index (κ3) is 5.91. The number of rotatable bonds is 6. The highest BCUT2D eigenvalue weighted by atomic mass is 79.9. The van der Waals surface area contributed by atoms with E-state index in [-0.39, 0.29) is 52.0 Å². The minimum atomic E-state index is -0.703. The van der Waals surface area contributed by atoms with E-state index in [2.05, 4.69) is 31.9 Å². The summed E-state index contributed by atoms with van der Waals surface area (Å²) in [5.74, 6) is -0.978. The Morgan fingerprint density at radius 2 is 2.00 bits per heavy atom. The number of benzene rings is 1. The van der Waals surface area contributed by atoms with Crippen LogP contribution in [0.15, 0.2) is 33.5 Å². The largest absolute Gasteiger partial charge is 0.487 e. The van der Waals surface area contributed by atoms with Gasteiger partial charge in [-0.05, 0) is 41.9 Å². The number of halogens is 3. The standard InChI is InChI=1S/C24H30BrF2N5O3/c1-14-7-21(35-13-16-3-4-17(26)8-19(16)27)22(25)24(34)32(14)12-18-10-30-20(11-29-18)23(33)31-6-5-28-9-15(31)2/h3-4,7-8,15,18,20,28-30H,5-6,9-13H2,1-2H3. The molecule has 2 aliphatic heterocycles. The number of piperazine rings is 2. The highest BCUT2D eigenvalue weighted by molar-refractivity contribution is 9.10. The van der Waals surface area contributed by atoms with Gasteiger partial charge in [-0.15, -0.1) is 0 Å². The van der Waals surface area contributed by atoms with E-state index in [1.54, 1.807) is 17.6 Å². The Balaban J connectivity index is 1.37. The van der Waals surface area contributed by atoms with Crippen LogP contribution in [-0.2, 0) is 17.9 Å². The molecule has 1 aromatic heterocycles. The van der Waals surface area contributed by atoms with Gasteiger partial charge >= 0.3 is 0 Å². The van der Waals surface area contributed by atoms with Gasteiger partial charge in [0.25, 0.3) is 5.56 Å². The molecule has 3 N–H and O–H groups in total. The maximum atomic E-state index is 13.9. The van der Waals surface area contributed by atoms with Crippen molar-refractivity contribution in [2.75, 3.05) is 32.7 Å². The lowest BCUT2D eigenvalue weighted by Gasteiger charge is -2.39. The number of hydrogen-bond donors (Lipinski definition) is 3. The summed E-state index contributed by atoms with van der Waals surface area (Å²) in [5, 5.41) is 10.0. The molecule has 0 saturated carbocycles. The van der Waals surface area contributed by atoms with Crippen molar-refractivity contribution in [1.82, 2.24) is 25.4 Å². The summed E-state index contributed by atoms with van der Waals surface area (Å²) < 4.78 is 34.5. The molecule has 2 saturated heterocycles. The Morgan fingerprint density at radius 3 is 2.69 bits per heavy atom. The molecular weight excluding hydrogens is 524 g/mol. The molecular formula is C24H30BrF2N5O3. The first kappa shape index (κ1) is 25.7. The number of ether oxygens (including phenoxy) is 1. The maximum absolute atomic E-state index is 13.9. The normalized spacial score (nSPS) is 22.8. The van der Waals surface area contributed by atoms with Crippen LogP contribution in [0, 0.1) is 18.6 Å². The van der Waals surface area contributed by atoms with Crippen LogP contribution in [0.3, 0.4) is 0 Å². The van der Waals surface area contributed by atoms with E-state index in [1.807, 2.05) is 11.8 Å². The number of pyridine rings is 1. The predicted molar refractivity (Wildman–Crippen MR) is 131 cm³/mol. The molecule has 2 aromatic rings. The Morgan fingerprint density at radius 1 is 1.20 bits per heavy atom. The second-order valence-electron chi connectivity index (χ2n) is 9.05. The topological polar surface area (TPSA) is 87.6 Å². The van der Waals surface area contributed by atoms with Crippen molar-refractivity contribution in [2.24, 2.45) is 0 Å². The average Bonchev–Trinajstić information content (AvgIpc) is 2.84. The number of aryl methyl sites for hydroxylation is 1. The van der Waals surface area contributed by atoms with E-state index in [9.17, 15) is 18.4 Å². The number of nitrogens with zero attached hydrogens (tertiary/aromatic N) is 2. The Labute approximate surface area is 211 Å². The molecule has 0 spiro atoms. The smallest absolute Gasteiger partial charge is 0.268 e. The molecule has 4 rings (SSSR count). The molecule has 11 heteroatoms. The summed E-state index contributed by atoms with van der Waals surface area (Å²) in [4.78, 5) is 27.8. The number of amides is 1. The molecule has 2 aliphatic rings. The van der Waals surface area contributed by atoms with E-state index in [0.717, 1.165) is 25.2 Å². The van der Waals surface area contributed by atoms with Crippen LogP contribution >= 0.6 is 15.9 Å². The lowest BCUT2D eigenvalue weighted by molar-refractivity contribution is -0.136. The zero-order valence-corrected chi connectivity index (χ0v) is 21.3. The first-order valence-corrected chi connectivity index (χ1v) is 12.5. The van der Waals surface area contributed by atoms with Gasteiger partial charge in [-0.2, -0.15) is 0 Å². The molecule has 1 aromatic carbocycles. The minimum Gasteiger partial charge on any atom is -0.487 e. The molecule has 0 aliphatic carbocycles. The highest BCUT2D eigenvalue weighted by Gasteiger charge is 2.32. The first-order chi connectivity index (χ1) is 16.7. The van der Waals surface area contributed by atoms with Crippen molar-refractivity contribution < 1.29 is 18.3 Å². The van der Waals surface area contributed by atoms with Crippen molar-refractivity contribution in [1.29, 1.82) is 0 Å². The fraction of sp³-hybridized carbons (Fsp3) is 0.500. The predicted octanol–water partition coefficient (Wildman–Crippen LogP) is 1.53. The van der Waals surface area contributed by atoms with Crippen LogP contribution in [0.4, 0.5) is 8.78 Å². The zero-order chi connectivity index (χ0) is 25.1. The Hall–Kier alpha value is -2.34. The highest BCUT2D eigenvalue weighted by Crippen LogP contribution is 2.24. The maximum Gasteiger partial charge on any atom is 0.268 e. The fourth-order valence-electron chi connectivity index (χ4n) is 4.45. The molecule has 3 atom stereocenters. The van der Waals surface area contributed by atoms with Gasteiger partial charge in [0.1, 0.15) is 28.5 Å². The quantitative estimate of drug-likeness (QED) is 0.503. The van der Waals surface area contributed by atoms with Crippen LogP contribution < -0.4 is 26.2 Å². The number of carbonyl (C=O) groups excluding carboxylic acids is 1. The van der Waals surface area contributed by atoms with Crippen LogP contribution in [0.5, 0.6) is 5.75 Å². The molecule has 2 fully saturated rings. The average molecular weight is 554 g/mol. The molecule has 35 heavy (non-hydrogen) atoms. The van der Waals surface area contributed by atoms with Crippen molar-refractivity contribution in [3.05, 3.63) is 62.0 Å². The van der Waals surface area contributed by atoms with Crippen molar-refractivity contribution in [3.8, 4) is 5.75 Å². The van der Waals surface area contributed by atoms with Crippen LogP contribution in [0.2, 0.25) is 0 Å². The van der Waals surface area contributed by atoms with Gasteiger partial charge in [0, 0.05) is 74.7 Å². The van der Waals surface area contributed by atoms with E-state index >= 15 is 0 Å². The number of nitrogens with one attached hydrogen (secondary N) is 3. The van der Waals surface area contributed by atoms with E-state index in [4.69, 9.17) is 4.74 Å². The van der Waals surface area contributed by atoms with Crippen molar-refractivity contribution in [3.63, 3.8) is 0 Å². The lowest BCUT2D eigenvalue weighted by Crippen LogP contribution is -2.64. The first-order valence-electron chi connectivity index (χ1n) is 11.7. The van der Waals surface area contributed by atoms with Gasteiger partial charge in [-0.25, -0.2) is 8.78 Å². The van der Waals surface area contributed by atoms with Gasteiger partial charge in [-0.3, -0.25) is 9.59 Å². The second-order valence-corrected chi connectivity index (χ2v) is 9.85. The van der Waals surface area contributed by atoms with Gasteiger partial charge in [0.2, 0.25) is 5.91 Å². The summed E-state index contributed by atoms with van der Waals surface area (Å²) in [6.07, 6.45) is 0. The monoisotopic (exact) mass is 553 g/mol. The summed E-state index contributed by atoms with van der Waals surface area (Å²) >= 11 is 3.31. The number of aromatic nitrogens is 1. The molecule has 3 unspecified atom stereocenters. The number of hydrogen-bond acceptors (Lipinski definition) is 6. The summed E-state index contributed by atoms with van der Waals surface area (Å²) in [6, 6.07) is 4.81. The Bertz CT molecular complexity index is 1140. The minimum absolute atomic E-state index is 0.0390.